The second-order valence-electron chi connectivity index (χ2n) is 7.95. The Morgan fingerprint density at radius 2 is 1.63 bits per heavy atom. The molecule has 27 heavy (non-hydrogen) atoms. The highest BCUT2D eigenvalue weighted by Gasteiger charge is 2.41. The third kappa shape index (κ3) is 4.68. The van der Waals surface area contributed by atoms with Crippen LogP contribution in [0.4, 0.5) is 0 Å². The topological polar surface area (TPSA) is 37.3 Å². The normalized spacial score (nSPS) is 18.9. The first-order valence-corrected chi connectivity index (χ1v) is 10.1. The van der Waals surface area contributed by atoms with Gasteiger partial charge in [0, 0.05) is 5.92 Å². The molecule has 1 aliphatic rings. The molecule has 2 aromatic carbocycles. The molecule has 2 aromatic rings. The zero-order valence-electron chi connectivity index (χ0n) is 16.2. The van der Waals surface area contributed by atoms with Crippen LogP contribution in [0.5, 0.6) is 0 Å². The molecule has 1 aliphatic carbocycles. The van der Waals surface area contributed by atoms with Crippen molar-refractivity contribution in [1.29, 1.82) is 0 Å². The molecule has 1 N–H and O–H groups in total. The fourth-order valence-corrected chi connectivity index (χ4v) is 4.23. The van der Waals surface area contributed by atoms with Gasteiger partial charge in [-0.05, 0) is 43.2 Å². The maximum Gasteiger partial charge on any atom is 0.314 e. The number of aliphatic carboxylic acids is 1. The molecular formula is C25H30O2. The van der Waals surface area contributed by atoms with E-state index in [-0.39, 0.29) is 5.92 Å². The summed E-state index contributed by atoms with van der Waals surface area (Å²) in [4.78, 5) is 12.5. The molecule has 2 unspecified atom stereocenters. The largest absolute Gasteiger partial charge is 0.481 e. The molecule has 1 fully saturated rings. The van der Waals surface area contributed by atoms with Crippen molar-refractivity contribution in [2.75, 3.05) is 0 Å². The number of carboxylic acid groups (broad SMARTS) is 1. The van der Waals surface area contributed by atoms with Gasteiger partial charge in [-0.3, -0.25) is 4.79 Å². The Labute approximate surface area is 162 Å². The molecule has 0 amide bonds. The van der Waals surface area contributed by atoms with Crippen molar-refractivity contribution in [2.24, 2.45) is 11.8 Å². The van der Waals surface area contributed by atoms with E-state index in [2.05, 4.69) is 24.3 Å². The van der Waals surface area contributed by atoms with E-state index in [9.17, 15) is 9.90 Å². The number of rotatable bonds is 7. The van der Waals surface area contributed by atoms with E-state index >= 15 is 0 Å². The maximum atomic E-state index is 12.5. The Balaban J connectivity index is 1.95. The molecule has 0 spiro atoms. The lowest BCUT2D eigenvalue weighted by molar-refractivity contribution is -0.144. The van der Waals surface area contributed by atoms with Gasteiger partial charge in [0.2, 0.25) is 0 Å². The van der Waals surface area contributed by atoms with Gasteiger partial charge in [0.05, 0.1) is 5.41 Å². The molecule has 1 saturated carbocycles. The van der Waals surface area contributed by atoms with Gasteiger partial charge in [-0.15, -0.1) is 0 Å². The number of hydrogen-bond donors (Lipinski definition) is 1. The first kappa shape index (κ1) is 19.4. The minimum absolute atomic E-state index is 0.0956. The van der Waals surface area contributed by atoms with E-state index in [1.54, 1.807) is 0 Å². The lowest BCUT2D eigenvalue weighted by Gasteiger charge is -2.33. The summed E-state index contributed by atoms with van der Waals surface area (Å²) in [5.74, 6) is -0.268. The van der Waals surface area contributed by atoms with Crippen LogP contribution < -0.4 is 0 Å². The third-order valence-corrected chi connectivity index (χ3v) is 6.12. The second kappa shape index (κ2) is 9.03. The number of carbonyl (C=O) groups is 1. The van der Waals surface area contributed by atoms with Gasteiger partial charge in [-0.2, -0.15) is 0 Å². The van der Waals surface area contributed by atoms with Crippen LogP contribution in [-0.4, -0.2) is 11.1 Å². The van der Waals surface area contributed by atoms with Gasteiger partial charge in [-0.25, -0.2) is 0 Å². The van der Waals surface area contributed by atoms with Crippen LogP contribution in [0.25, 0.3) is 0 Å². The molecule has 142 valence electrons. The Morgan fingerprint density at radius 3 is 2.22 bits per heavy atom. The number of allylic oxidation sites excluding steroid dienone is 2. The summed E-state index contributed by atoms with van der Waals surface area (Å²) in [6.07, 6.45) is 11.6. The number of benzene rings is 2. The second-order valence-corrected chi connectivity index (χ2v) is 7.95. The van der Waals surface area contributed by atoms with E-state index in [1.807, 2.05) is 55.5 Å². The molecule has 2 atom stereocenters. The standard InChI is InChI=1S/C25H30O2/c1-25(24(26)27,22-15-9-4-10-16-22)23(19-21-13-7-3-8-14-21)18-17-20-11-5-2-6-12-20/h3-4,7-10,13-18,20,23H,2,5-6,11-12,19H2,1H3,(H,26,27). The van der Waals surface area contributed by atoms with Gasteiger partial charge >= 0.3 is 5.97 Å². The van der Waals surface area contributed by atoms with Crippen molar-refractivity contribution in [3.8, 4) is 0 Å². The van der Waals surface area contributed by atoms with Crippen LogP contribution in [-0.2, 0) is 16.6 Å². The Morgan fingerprint density at radius 1 is 1.04 bits per heavy atom. The van der Waals surface area contributed by atoms with Crippen LogP contribution >= 0.6 is 0 Å². The molecule has 0 bridgehead atoms. The fourth-order valence-electron chi connectivity index (χ4n) is 4.23. The SMILES string of the molecule is CC(C(=O)O)(c1ccccc1)C(C=CC1CCCCC1)Cc1ccccc1. The molecule has 0 heterocycles. The average molecular weight is 363 g/mol. The van der Waals surface area contributed by atoms with E-state index in [4.69, 9.17) is 0 Å². The zero-order valence-corrected chi connectivity index (χ0v) is 16.2. The van der Waals surface area contributed by atoms with Crippen molar-refractivity contribution >= 4 is 5.97 Å². The van der Waals surface area contributed by atoms with Crippen LogP contribution in [0.15, 0.2) is 72.8 Å². The average Bonchev–Trinajstić information content (AvgIpc) is 2.72. The Bertz CT molecular complexity index is 744. The molecule has 2 nitrogen and oxygen atoms in total. The van der Waals surface area contributed by atoms with Crippen LogP contribution in [0.3, 0.4) is 0 Å². The Hall–Kier alpha value is -2.35. The van der Waals surface area contributed by atoms with Crippen molar-refractivity contribution in [3.63, 3.8) is 0 Å². The predicted octanol–water partition coefficient (Wildman–Crippen LogP) is 6.02. The molecule has 2 heteroatoms. The summed E-state index contributed by atoms with van der Waals surface area (Å²) in [6, 6.07) is 19.9. The van der Waals surface area contributed by atoms with Crippen molar-refractivity contribution < 1.29 is 9.90 Å². The van der Waals surface area contributed by atoms with Gasteiger partial charge in [0.15, 0.2) is 0 Å². The minimum Gasteiger partial charge on any atom is -0.481 e. The smallest absolute Gasteiger partial charge is 0.314 e. The highest BCUT2D eigenvalue weighted by molar-refractivity contribution is 5.81. The highest BCUT2D eigenvalue weighted by atomic mass is 16.4. The van der Waals surface area contributed by atoms with Crippen molar-refractivity contribution in [1.82, 2.24) is 0 Å². The van der Waals surface area contributed by atoms with E-state index in [0.717, 1.165) is 12.0 Å². The molecule has 0 saturated heterocycles. The predicted molar refractivity (Wildman–Crippen MR) is 111 cm³/mol. The number of carboxylic acids is 1. The fraction of sp³-hybridized carbons (Fsp3) is 0.400. The summed E-state index contributed by atoms with van der Waals surface area (Å²) in [5.41, 5.74) is 1.09. The van der Waals surface area contributed by atoms with Gasteiger partial charge in [-0.1, -0.05) is 92.1 Å². The summed E-state index contributed by atoms with van der Waals surface area (Å²) < 4.78 is 0. The third-order valence-electron chi connectivity index (χ3n) is 6.12. The van der Waals surface area contributed by atoms with Crippen molar-refractivity contribution in [3.05, 3.63) is 83.9 Å². The first-order chi connectivity index (χ1) is 13.1. The minimum atomic E-state index is -0.956. The monoisotopic (exact) mass is 362 g/mol. The lowest BCUT2D eigenvalue weighted by Crippen LogP contribution is -2.40. The van der Waals surface area contributed by atoms with Crippen molar-refractivity contribution in [2.45, 2.75) is 50.9 Å². The van der Waals surface area contributed by atoms with Crippen LogP contribution in [0.2, 0.25) is 0 Å². The summed E-state index contributed by atoms with van der Waals surface area (Å²) in [7, 11) is 0. The molecule has 0 radical (unpaired) electrons. The maximum absolute atomic E-state index is 12.5. The molecular weight excluding hydrogens is 332 g/mol. The highest BCUT2D eigenvalue weighted by Crippen LogP contribution is 2.37. The first-order valence-electron chi connectivity index (χ1n) is 10.1. The molecule has 0 aromatic heterocycles. The van der Waals surface area contributed by atoms with Gasteiger partial charge in [0.25, 0.3) is 0 Å². The van der Waals surface area contributed by atoms with Crippen LogP contribution in [0, 0.1) is 11.8 Å². The zero-order chi connectivity index (χ0) is 19.1. The molecule has 0 aliphatic heterocycles. The summed E-state index contributed by atoms with van der Waals surface area (Å²) in [5, 5.41) is 10.2. The number of hydrogen-bond acceptors (Lipinski definition) is 1. The van der Waals surface area contributed by atoms with E-state index in [0.29, 0.717) is 5.92 Å². The van der Waals surface area contributed by atoms with E-state index < -0.39 is 11.4 Å². The lowest BCUT2D eigenvalue weighted by atomic mass is 9.69. The molecule has 3 rings (SSSR count). The Kier molecular flexibility index (Phi) is 6.49. The summed E-state index contributed by atoms with van der Waals surface area (Å²) in [6.45, 7) is 1.88. The van der Waals surface area contributed by atoms with Gasteiger partial charge < -0.3 is 5.11 Å². The quantitative estimate of drug-likeness (QED) is 0.611. The summed E-state index contributed by atoms with van der Waals surface area (Å²) >= 11 is 0. The van der Waals surface area contributed by atoms with E-state index in [1.165, 1.54) is 37.7 Å². The van der Waals surface area contributed by atoms with Crippen LogP contribution in [0.1, 0.15) is 50.2 Å². The van der Waals surface area contributed by atoms with Gasteiger partial charge in [0.1, 0.15) is 0 Å².